The Morgan fingerprint density at radius 2 is 1.91 bits per heavy atom. The number of hydrogen-bond acceptors (Lipinski definition) is 4. The zero-order chi connectivity index (χ0) is 15.5. The number of hydrogen-bond donors (Lipinski definition) is 2. The van der Waals surface area contributed by atoms with Crippen LogP contribution < -0.4 is 5.32 Å². The number of nitrogens with zero attached hydrogens (tertiary/aromatic N) is 2. The van der Waals surface area contributed by atoms with E-state index in [-0.39, 0.29) is 11.8 Å². The quantitative estimate of drug-likeness (QED) is 0.769. The number of benzene rings is 2. The van der Waals surface area contributed by atoms with Crippen LogP contribution in [-0.2, 0) is 6.42 Å². The minimum atomic E-state index is 0.267. The van der Waals surface area contributed by atoms with E-state index < -0.39 is 0 Å². The third kappa shape index (κ3) is 3.17. The Labute approximate surface area is 129 Å². The molecule has 0 spiro atoms. The maximum atomic E-state index is 10.3. The summed E-state index contributed by atoms with van der Waals surface area (Å²) in [6.45, 7) is 4.07. The van der Waals surface area contributed by atoms with Crippen LogP contribution in [0, 0.1) is 0 Å². The van der Waals surface area contributed by atoms with Gasteiger partial charge in [0, 0.05) is 30.1 Å². The van der Waals surface area contributed by atoms with E-state index in [1.807, 2.05) is 38.1 Å². The van der Waals surface area contributed by atoms with Crippen molar-refractivity contribution in [3.8, 4) is 5.75 Å². The van der Waals surface area contributed by atoms with Crippen LogP contribution in [0.25, 0.3) is 10.9 Å². The second kappa shape index (κ2) is 6.02. The summed E-state index contributed by atoms with van der Waals surface area (Å²) in [4.78, 5) is 8.76. The molecule has 22 heavy (non-hydrogen) atoms. The smallest absolute Gasteiger partial charge is 0.223 e. The molecular weight excluding hydrogens is 274 g/mol. The van der Waals surface area contributed by atoms with Gasteiger partial charge in [-0.25, -0.2) is 9.97 Å². The molecule has 0 aliphatic rings. The minimum absolute atomic E-state index is 0.267. The van der Waals surface area contributed by atoms with Crippen molar-refractivity contribution < 1.29 is 5.11 Å². The summed E-state index contributed by atoms with van der Waals surface area (Å²) in [5, 5.41) is 14.4. The lowest BCUT2D eigenvalue weighted by Gasteiger charge is -2.10. The number of anilines is 1. The van der Waals surface area contributed by atoms with Crippen molar-refractivity contribution in [2.75, 3.05) is 5.32 Å². The molecule has 0 radical (unpaired) electrons. The van der Waals surface area contributed by atoms with Crippen LogP contribution in [0.15, 0.2) is 48.7 Å². The number of fused-ring (bicyclic) bond motifs is 1. The fraction of sp³-hybridized carbons (Fsp3) is 0.222. The lowest BCUT2D eigenvalue weighted by Crippen LogP contribution is -2.12. The predicted molar refractivity (Wildman–Crippen MR) is 89.2 cm³/mol. The van der Waals surface area contributed by atoms with Crippen molar-refractivity contribution in [3.63, 3.8) is 0 Å². The third-order valence-corrected chi connectivity index (χ3v) is 3.44. The second-order valence-electron chi connectivity index (χ2n) is 5.69. The Balaban J connectivity index is 1.95. The first-order valence-electron chi connectivity index (χ1n) is 7.41. The monoisotopic (exact) mass is 293 g/mol. The van der Waals surface area contributed by atoms with Gasteiger partial charge >= 0.3 is 0 Å². The second-order valence-corrected chi connectivity index (χ2v) is 5.69. The normalized spacial score (nSPS) is 11.0. The molecule has 4 heteroatoms. The molecule has 112 valence electrons. The summed E-state index contributed by atoms with van der Waals surface area (Å²) >= 11 is 0. The molecule has 4 nitrogen and oxygen atoms in total. The molecule has 0 aliphatic carbocycles. The first-order chi connectivity index (χ1) is 10.6. The van der Waals surface area contributed by atoms with Gasteiger partial charge in [-0.3, -0.25) is 0 Å². The maximum absolute atomic E-state index is 10.3. The SMILES string of the molecule is CC(C)Nc1ncc2cc(Cc3ccccc3)c(O)cc2n1. The zero-order valence-corrected chi connectivity index (χ0v) is 12.7. The van der Waals surface area contributed by atoms with Crippen molar-refractivity contribution in [3.05, 3.63) is 59.8 Å². The van der Waals surface area contributed by atoms with Gasteiger partial charge in [0.2, 0.25) is 5.95 Å². The molecule has 1 aromatic heterocycles. The van der Waals surface area contributed by atoms with E-state index >= 15 is 0 Å². The summed E-state index contributed by atoms with van der Waals surface area (Å²) in [6, 6.07) is 14.0. The largest absolute Gasteiger partial charge is 0.508 e. The van der Waals surface area contributed by atoms with Crippen LogP contribution in [0.5, 0.6) is 5.75 Å². The van der Waals surface area contributed by atoms with Gasteiger partial charge in [-0.1, -0.05) is 30.3 Å². The highest BCUT2D eigenvalue weighted by Gasteiger charge is 2.08. The van der Waals surface area contributed by atoms with Crippen molar-refractivity contribution in [1.29, 1.82) is 0 Å². The number of aromatic nitrogens is 2. The predicted octanol–water partition coefficient (Wildman–Crippen LogP) is 3.75. The molecule has 3 rings (SSSR count). The van der Waals surface area contributed by atoms with Gasteiger partial charge < -0.3 is 10.4 Å². The summed E-state index contributed by atoms with van der Waals surface area (Å²) in [6.07, 6.45) is 2.48. The molecule has 3 aromatic rings. The summed E-state index contributed by atoms with van der Waals surface area (Å²) < 4.78 is 0. The van der Waals surface area contributed by atoms with Gasteiger partial charge in [-0.15, -0.1) is 0 Å². The maximum Gasteiger partial charge on any atom is 0.223 e. The molecule has 0 bridgehead atoms. The molecule has 0 unspecified atom stereocenters. The lowest BCUT2D eigenvalue weighted by molar-refractivity contribution is 0.470. The van der Waals surface area contributed by atoms with Gasteiger partial charge in [0.15, 0.2) is 0 Å². The van der Waals surface area contributed by atoms with Crippen molar-refractivity contribution in [1.82, 2.24) is 9.97 Å². The molecule has 2 aromatic carbocycles. The van der Waals surface area contributed by atoms with Gasteiger partial charge in [0.25, 0.3) is 0 Å². The van der Waals surface area contributed by atoms with E-state index in [1.54, 1.807) is 12.3 Å². The molecule has 0 saturated heterocycles. The lowest BCUT2D eigenvalue weighted by atomic mass is 10.0. The van der Waals surface area contributed by atoms with Gasteiger partial charge in [-0.05, 0) is 31.0 Å². The fourth-order valence-electron chi connectivity index (χ4n) is 2.40. The standard InChI is InChI=1S/C18H19N3O/c1-12(2)20-18-19-11-15-9-14(17(22)10-16(15)21-18)8-13-6-4-3-5-7-13/h3-7,9-12,22H,8H2,1-2H3,(H,19,20,21). The summed E-state index contributed by atoms with van der Waals surface area (Å²) in [7, 11) is 0. The summed E-state index contributed by atoms with van der Waals surface area (Å²) in [5.74, 6) is 0.850. The molecule has 0 atom stereocenters. The van der Waals surface area contributed by atoms with Crippen LogP contribution >= 0.6 is 0 Å². The fourth-order valence-corrected chi connectivity index (χ4v) is 2.40. The minimum Gasteiger partial charge on any atom is -0.508 e. The highest BCUT2D eigenvalue weighted by atomic mass is 16.3. The van der Waals surface area contributed by atoms with Crippen molar-refractivity contribution >= 4 is 16.9 Å². The Morgan fingerprint density at radius 3 is 2.64 bits per heavy atom. The molecule has 0 fully saturated rings. The first-order valence-corrected chi connectivity index (χ1v) is 7.41. The van der Waals surface area contributed by atoms with E-state index in [0.717, 1.165) is 22.0 Å². The topological polar surface area (TPSA) is 58.0 Å². The van der Waals surface area contributed by atoms with E-state index in [4.69, 9.17) is 0 Å². The van der Waals surface area contributed by atoms with Crippen molar-refractivity contribution in [2.24, 2.45) is 0 Å². The molecule has 2 N–H and O–H groups in total. The van der Waals surface area contributed by atoms with Crippen LogP contribution in [0.3, 0.4) is 0 Å². The highest BCUT2D eigenvalue weighted by Crippen LogP contribution is 2.26. The zero-order valence-electron chi connectivity index (χ0n) is 12.7. The number of nitrogens with one attached hydrogen (secondary N) is 1. The average Bonchev–Trinajstić information content (AvgIpc) is 2.49. The van der Waals surface area contributed by atoms with Crippen LogP contribution in [0.4, 0.5) is 5.95 Å². The van der Waals surface area contributed by atoms with Gasteiger partial charge in [0.1, 0.15) is 5.75 Å². The number of phenolic OH excluding ortho intramolecular Hbond substituents is 1. The molecule has 0 amide bonds. The van der Waals surface area contributed by atoms with E-state index in [2.05, 4.69) is 27.4 Å². The Hall–Kier alpha value is -2.62. The first kappa shape index (κ1) is 14.3. The molecule has 1 heterocycles. The van der Waals surface area contributed by atoms with E-state index in [1.165, 1.54) is 0 Å². The van der Waals surface area contributed by atoms with Crippen LogP contribution in [0.1, 0.15) is 25.0 Å². The highest BCUT2D eigenvalue weighted by molar-refractivity contribution is 5.81. The van der Waals surface area contributed by atoms with Gasteiger partial charge in [0.05, 0.1) is 5.52 Å². The molecular formula is C18H19N3O. The molecule has 0 saturated carbocycles. The Morgan fingerprint density at radius 1 is 1.14 bits per heavy atom. The van der Waals surface area contributed by atoms with E-state index in [9.17, 15) is 5.11 Å². The number of aromatic hydroxyl groups is 1. The third-order valence-electron chi connectivity index (χ3n) is 3.44. The Kier molecular flexibility index (Phi) is 3.92. The van der Waals surface area contributed by atoms with Crippen LogP contribution in [0.2, 0.25) is 0 Å². The van der Waals surface area contributed by atoms with Crippen LogP contribution in [-0.4, -0.2) is 21.1 Å². The van der Waals surface area contributed by atoms with E-state index in [0.29, 0.717) is 12.4 Å². The average molecular weight is 293 g/mol. The number of rotatable bonds is 4. The van der Waals surface area contributed by atoms with Crippen molar-refractivity contribution in [2.45, 2.75) is 26.3 Å². The Bertz CT molecular complexity index is 785. The van der Waals surface area contributed by atoms with Gasteiger partial charge in [-0.2, -0.15) is 0 Å². The molecule has 0 aliphatic heterocycles. The number of phenols is 1. The summed E-state index contributed by atoms with van der Waals surface area (Å²) in [5.41, 5.74) is 2.79.